The van der Waals surface area contributed by atoms with E-state index in [0.717, 1.165) is 6.42 Å². The monoisotopic (exact) mass is 295 g/mol. The van der Waals surface area contributed by atoms with E-state index >= 15 is 0 Å². The molecular formula is C12H17N5O4. The van der Waals surface area contributed by atoms with Crippen molar-refractivity contribution in [2.45, 2.75) is 31.1 Å². The minimum absolute atomic E-state index is 0.0236. The quantitative estimate of drug-likeness (QED) is 0.720. The molecule has 1 amide bonds. The molecule has 3 rings (SSSR count). The number of likely N-dealkylation sites (tertiary alicyclic amines) is 1. The number of aromatic carboxylic acids is 1. The van der Waals surface area contributed by atoms with Crippen molar-refractivity contribution < 1.29 is 19.4 Å². The SMILES string of the molecule is NCC1CCC(C(=O)N2CC(n3cc(C(=O)O)nn3)C2)O1. The van der Waals surface area contributed by atoms with E-state index in [-0.39, 0.29) is 23.7 Å². The van der Waals surface area contributed by atoms with Gasteiger partial charge in [-0.25, -0.2) is 9.48 Å². The number of hydrogen-bond acceptors (Lipinski definition) is 6. The second-order valence-corrected chi connectivity index (χ2v) is 5.35. The molecule has 2 unspecified atom stereocenters. The van der Waals surface area contributed by atoms with Gasteiger partial charge in [-0.2, -0.15) is 0 Å². The number of carboxylic acids is 1. The van der Waals surface area contributed by atoms with Crippen LogP contribution in [0.25, 0.3) is 0 Å². The van der Waals surface area contributed by atoms with Crippen LogP contribution in [0.4, 0.5) is 0 Å². The molecule has 2 aliphatic heterocycles. The molecule has 0 aromatic carbocycles. The number of nitrogens with two attached hydrogens (primary N) is 1. The Kier molecular flexibility index (Phi) is 3.60. The molecule has 0 aliphatic carbocycles. The second-order valence-electron chi connectivity index (χ2n) is 5.35. The summed E-state index contributed by atoms with van der Waals surface area (Å²) in [6.07, 6.45) is 2.48. The average Bonchev–Trinajstić information content (AvgIpc) is 3.05. The fourth-order valence-electron chi connectivity index (χ4n) is 2.62. The predicted octanol–water partition coefficient (Wildman–Crippen LogP) is -1.13. The van der Waals surface area contributed by atoms with Gasteiger partial charge in [-0.3, -0.25) is 4.79 Å². The molecule has 0 radical (unpaired) electrons. The molecule has 2 aliphatic rings. The lowest BCUT2D eigenvalue weighted by atomic mass is 10.1. The van der Waals surface area contributed by atoms with E-state index in [1.807, 2.05) is 0 Å². The van der Waals surface area contributed by atoms with Crippen molar-refractivity contribution in [3.63, 3.8) is 0 Å². The zero-order valence-corrected chi connectivity index (χ0v) is 11.4. The molecule has 114 valence electrons. The molecule has 2 saturated heterocycles. The van der Waals surface area contributed by atoms with Gasteiger partial charge in [0.15, 0.2) is 5.69 Å². The fourth-order valence-corrected chi connectivity index (χ4v) is 2.62. The molecule has 21 heavy (non-hydrogen) atoms. The van der Waals surface area contributed by atoms with Crippen LogP contribution in [0.3, 0.4) is 0 Å². The van der Waals surface area contributed by atoms with E-state index in [1.54, 1.807) is 4.90 Å². The first-order valence-corrected chi connectivity index (χ1v) is 6.88. The van der Waals surface area contributed by atoms with Crippen molar-refractivity contribution in [1.29, 1.82) is 0 Å². The van der Waals surface area contributed by atoms with Gasteiger partial charge in [0, 0.05) is 19.6 Å². The summed E-state index contributed by atoms with van der Waals surface area (Å²) in [6, 6.07) is -0.0266. The highest BCUT2D eigenvalue weighted by Crippen LogP contribution is 2.26. The van der Waals surface area contributed by atoms with E-state index in [9.17, 15) is 9.59 Å². The molecule has 2 fully saturated rings. The van der Waals surface area contributed by atoms with E-state index in [4.69, 9.17) is 15.6 Å². The van der Waals surface area contributed by atoms with Crippen LogP contribution in [0.15, 0.2) is 6.20 Å². The van der Waals surface area contributed by atoms with Crippen LogP contribution in [-0.2, 0) is 9.53 Å². The number of amides is 1. The number of carboxylic acid groups (broad SMARTS) is 1. The Labute approximate surface area is 120 Å². The van der Waals surface area contributed by atoms with Crippen molar-refractivity contribution in [2.75, 3.05) is 19.6 Å². The van der Waals surface area contributed by atoms with Crippen LogP contribution in [0.2, 0.25) is 0 Å². The van der Waals surface area contributed by atoms with Crippen molar-refractivity contribution in [2.24, 2.45) is 5.73 Å². The van der Waals surface area contributed by atoms with Crippen molar-refractivity contribution in [1.82, 2.24) is 19.9 Å². The number of carbonyl (C=O) groups is 2. The first-order chi connectivity index (χ1) is 10.1. The summed E-state index contributed by atoms with van der Waals surface area (Å²) in [6.45, 7) is 1.42. The fraction of sp³-hybridized carbons (Fsp3) is 0.667. The molecule has 0 spiro atoms. The van der Waals surface area contributed by atoms with Gasteiger partial charge in [0.2, 0.25) is 0 Å². The van der Waals surface area contributed by atoms with Crippen LogP contribution in [0, 0.1) is 0 Å². The van der Waals surface area contributed by atoms with Gasteiger partial charge in [-0.1, -0.05) is 5.21 Å². The van der Waals surface area contributed by atoms with Crippen LogP contribution in [0.5, 0.6) is 0 Å². The molecule has 3 heterocycles. The van der Waals surface area contributed by atoms with Gasteiger partial charge in [-0.15, -0.1) is 5.10 Å². The zero-order valence-electron chi connectivity index (χ0n) is 11.4. The number of nitrogens with zero attached hydrogens (tertiary/aromatic N) is 4. The molecule has 2 atom stereocenters. The Balaban J connectivity index is 1.53. The molecule has 0 saturated carbocycles. The molecule has 3 N–H and O–H groups in total. The Morgan fingerprint density at radius 1 is 1.43 bits per heavy atom. The van der Waals surface area contributed by atoms with Crippen LogP contribution < -0.4 is 5.73 Å². The largest absolute Gasteiger partial charge is 0.476 e. The average molecular weight is 295 g/mol. The Bertz CT molecular complexity index is 554. The predicted molar refractivity (Wildman–Crippen MR) is 69.5 cm³/mol. The minimum Gasteiger partial charge on any atom is -0.476 e. The van der Waals surface area contributed by atoms with Gasteiger partial charge in [0.05, 0.1) is 18.3 Å². The third-order valence-corrected chi connectivity index (χ3v) is 3.92. The smallest absolute Gasteiger partial charge is 0.358 e. The van der Waals surface area contributed by atoms with Gasteiger partial charge in [0.1, 0.15) is 6.10 Å². The van der Waals surface area contributed by atoms with E-state index in [1.165, 1.54) is 10.9 Å². The molecule has 1 aromatic rings. The van der Waals surface area contributed by atoms with Crippen molar-refractivity contribution in [3.05, 3.63) is 11.9 Å². The van der Waals surface area contributed by atoms with Gasteiger partial charge >= 0.3 is 5.97 Å². The maximum Gasteiger partial charge on any atom is 0.358 e. The molecule has 0 bridgehead atoms. The third kappa shape index (κ3) is 2.61. The molecular weight excluding hydrogens is 278 g/mol. The normalized spacial score (nSPS) is 25.9. The van der Waals surface area contributed by atoms with Crippen LogP contribution in [0.1, 0.15) is 29.4 Å². The summed E-state index contributed by atoms with van der Waals surface area (Å²) in [4.78, 5) is 24.6. The topological polar surface area (TPSA) is 124 Å². The molecule has 9 nitrogen and oxygen atoms in total. The molecule has 1 aromatic heterocycles. The maximum atomic E-state index is 12.2. The third-order valence-electron chi connectivity index (χ3n) is 3.92. The molecule has 9 heteroatoms. The highest BCUT2D eigenvalue weighted by Gasteiger charge is 2.39. The summed E-state index contributed by atoms with van der Waals surface area (Å²) in [5.41, 5.74) is 5.43. The van der Waals surface area contributed by atoms with Crippen molar-refractivity contribution >= 4 is 11.9 Å². The van der Waals surface area contributed by atoms with E-state index in [2.05, 4.69) is 10.3 Å². The summed E-state index contributed by atoms with van der Waals surface area (Å²) in [5, 5.41) is 16.1. The lowest BCUT2D eigenvalue weighted by Gasteiger charge is -2.40. The summed E-state index contributed by atoms with van der Waals surface area (Å²) < 4.78 is 7.07. The van der Waals surface area contributed by atoms with Gasteiger partial charge < -0.3 is 20.5 Å². The Hall–Kier alpha value is -2.00. The van der Waals surface area contributed by atoms with Gasteiger partial charge in [-0.05, 0) is 12.8 Å². The summed E-state index contributed by atoms with van der Waals surface area (Å²) in [7, 11) is 0. The highest BCUT2D eigenvalue weighted by atomic mass is 16.5. The highest BCUT2D eigenvalue weighted by molar-refractivity contribution is 5.84. The number of carbonyl (C=O) groups excluding carboxylic acids is 1. The standard InChI is InChI=1S/C12H17N5O4/c13-3-8-1-2-10(21-8)11(18)16-4-7(5-16)17-6-9(12(19)20)14-15-17/h6-8,10H,1-5,13H2,(H,19,20). The second kappa shape index (κ2) is 5.41. The van der Waals surface area contributed by atoms with Crippen LogP contribution >= 0.6 is 0 Å². The lowest BCUT2D eigenvalue weighted by molar-refractivity contribution is -0.148. The number of rotatable bonds is 4. The number of hydrogen-bond donors (Lipinski definition) is 2. The first-order valence-electron chi connectivity index (χ1n) is 6.88. The summed E-state index contributed by atoms with van der Waals surface area (Å²) in [5.74, 6) is -1.14. The van der Waals surface area contributed by atoms with Crippen LogP contribution in [-0.4, -0.2) is 68.7 Å². The number of ether oxygens (including phenoxy) is 1. The lowest BCUT2D eigenvalue weighted by Crippen LogP contribution is -2.54. The van der Waals surface area contributed by atoms with E-state index in [0.29, 0.717) is 26.1 Å². The minimum atomic E-state index is -1.11. The van der Waals surface area contributed by atoms with Crippen molar-refractivity contribution in [3.8, 4) is 0 Å². The summed E-state index contributed by atoms with van der Waals surface area (Å²) >= 11 is 0. The van der Waals surface area contributed by atoms with Gasteiger partial charge in [0.25, 0.3) is 5.91 Å². The Morgan fingerprint density at radius 3 is 2.76 bits per heavy atom. The number of aromatic nitrogens is 3. The zero-order chi connectivity index (χ0) is 15.0. The maximum absolute atomic E-state index is 12.2. The Morgan fingerprint density at radius 2 is 2.19 bits per heavy atom. The van der Waals surface area contributed by atoms with E-state index < -0.39 is 12.1 Å². The first kappa shape index (κ1) is 14.0.